The molecule has 0 saturated carbocycles. The summed E-state index contributed by atoms with van der Waals surface area (Å²) in [6.45, 7) is 3.37. The van der Waals surface area contributed by atoms with Gasteiger partial charge in [0.15, 0.2) is 5.69 Å². The Hall–Kier alpha value is -2.93. The van der Waals surface area contributed by atoms with Gasteiger partial charge in [-0.3, -0.25) is 14.6 Å². The van der Waals surface area contributed by atoms with Crippen molar-refractivity contribution in [3.05, 3.63) is 66.0 Å². The minimum atomic E-state index is -0.387. The molecule has 1 aliphatic heterocycles. The number of aromatic nitrogens is 4. The lowest BCUT2D eigenvalue weighted by atomic mass is 10.3. The largest absolute Gasteiger partial charge is 0.464 e. The molecule has 0 aliphatic carbocycles. The summed E-state index contributed by atoms with van der Waals surface area (Å²) in [5, 5.41) is 4.38. The number of hydrogen-bond donors (Lipinski definition) is 0. The molecule has 3 aromatic heterocycles. The molecule has 134 valence electrons. The van der Waals surface area contributed by atoms with E-state index in [1.807, 2.05) is 23.0 Å². The van der Waals surface area contributed by atoms with Crippen molar-refractivity contribution in [2.24, 2.45) is 0 Å². The SMILES string of the molecule is COC(=O)c1cc2n(n1)CCCN(Cc1cccn1-c1cccnc1)C2. The molecule has 7 nitrogen and oxygen atoms in total. The molecular weight excluding hydrogens is 330 g/mol. The van der Waals surface area contributed by atoms with Crippen LogP contribution in [-0.2, 0) is 24.4 Å². The smallest absolute Gasteiger partial charge is 0.358 e. The fourth-order valence-electron chi connectivity index (χ4n) is 3.39. The number of nitrogens with zero attached hydrogens (tertiary/aromatic N) is 5. The van der Waals surface area contributed by atoms with Crippen molar-refractivity contribution in [3.63, 3.8) is 0 Å². The number of carbonyl (C=O) groups excluding carboxylic acids is 1. The first-order chi connectivity index (χ1) is 12.7. The molecule has 0 N–H and O–H groups in total. The van der Waals surface area contributed by atoms with E-state index in [0.29, 0.717) is 5.69 Å². The van der Waals surface area contributed by atoms with Crippen LogP contribution in [0.15, 0.2) is 48.9 Å². The minimum Gasteiger partial charge on any atom is -0.464 e. The molecule has 0 fully saturated rings. The topological polar surface area (TPSA) is 65.2 Å². The van der Waals surface area contributed by atoms with Gasteiger partial charge in [-0.15, -0.1) is 0 Å². The molecule has 0 bridgehead atoms. The number of rotatable bonds is 4. The van der Waals surface area contributed by atoms with Crippen LogP contribution in [-0.4, -0.2) is 43.9 Å². The van der Waals surface area contributed by atoms with E-state index in [2.05, 4.69) is 43.9 Å². The van der Waals surface area contributed by atoms with Crippen LogP contribution in [0.4, 0.5) is 0 Å². The summed E-state index contributed by atoms with van der Waals surface area (Å²) >= 11 is 0. The highest BCUT2D eigenvalue weighted by Crippen LogP contribution is 2.19. The number of ether oxygens (including phenoxy) is 1. The quantitative estimate of drug-likeness (QED) is 0.675. The molecule has 4 rings (SSSR count). The predicted molar refractivity (Wildman–Crippen MR) is 95.9 cm³/mol. The fourth-order valence-corrected chi connectivity index (χ4v) is 3.39. The lowest BCUT2D eigenvalue weighted by molar-refractivity contribution is 0.0593. The molecular formula is C19H21N5O2. The van der Waals surface area contributed by atoms with Gasteiger partial charge >= 0.3 is 5.97 Å². The third-order valence-electron chi connectivity index (χ3n) is 4.63. The van der Waals surface area contributed by atoms with Crippen LogP contribution in [0.3, 0.4) is 0 Å². The zero-order valence-electron chi connectivity index (χ0n) is 14.7. The standard InChI is InChI=1S/C19H21N5O2/c1-26-19(25)18-11-17-14-22(8-4-10-24(17)21-18)13-16-6-3-9-23(16)15-5-2-7-20-12-15/h2-3,5-7,9,11-12H,4,8,10,13-14H2,1H3. The maximum Gasteiger partial charge on any atom is 0.358 e. The first-order valence-electron chi connectivity index (χ1n) is 8.68. The zero-order chi connectivity index (χ0) is 17.9. The van der Waals surface area contributed by atoms with Crippen LogP contribution >= 0.6 is 0 Å². The summed E-state index contributed by atoms with van der Waals surface area (Å²) in [6.07, 6.45) is 6.69. The Bertz CT molecular complexity index is 900. The summed E-state index contributed by atoms with van der Waals surface area (Å²) < 4.78 is 8.87. The molecule has 0 radical (unpaired) electrons. The molecule has 0 aromatic carbocycles. The van der Waals surface area contributed by atoms with E-state index in [1.165, 1.54) is 12.8 Å². The highest BCUT2D eigenvalue weighted by atomic mass is 16.5. The highest BCUT2D eigenvalue weighted by Gasteiger charge is 2.20. The maximum absolute atomic E-state index is 11.7. The summed E-state index contributed by atoms with van der Waals surface area (Å²) in [5.74, 6) is -0.387. The Morgan fingerprint density at radius 1 is 1.27 bits per heavy atom. The van der Waals surface area contributed by atoms with Crippen molar-refractivity contribution in [2.45, 2.75) is 26.1 Å². The third-order valence-corrected chi connectivity index (χ3v) is 4.63. The summed E-state index contributed by atoms with van der Waals surface area (Å²) in [6, 6.07) is 10.0. The minimum absolute atomic E-state index is 0.378. The van der Waals surface area contributed by atoms with Crippen LogP contribution in [0.2, 0.25) is 0 Å². The zero-order valence-corrected chi connectivity index (χ0v) is 14.7. The van der Waals surface area contributed by atoms with Crippen molar-refractivity contribution < 1.29 is 9.53 Å². The highest BCUT2D eigenvalue weighted by molar-refractivity contribution is 5.87. The van der Waals surface area contributed by atoms with Crippen molar-refractivity contribution in [1.82, 2.24) is 24.2 Å². The molecule has 7 heteroatoms. The van der Waals surface area contributed by atoms with Gasteiger partial charge in [0.05, 0.1) is 24.7 Å². The molecule has 26 heavy (non-hydrogen) atoms. The van der Waals surface area contributed by atoms with Gasteiger partial charge in [0.25, 0.3) is 0 Å². The summed E-state index contributed by atoms with van der Waals surface area (Å²) in [5.41, 5.74) is 3.69. The second-order valence-electron chi connectivity index (χ2n) is 6.38. The van der Waals surface area contributed by atoms with E-state index in [0.717, 1.165) is 44.0 Å². The van der Waals surface area contributed by atoms with Crippen molar-refractivity contribution in [2.75, 3.05) is 13.7 Å². The van der Waals surface area contributed by atoms with E-state index in [4.69, 9.17) is 4.74 Å². The number of pyridine rings is 1. The van der Waals surface area contributed by atoms with Crippen molar-refractivity contribution in [1.29, 1.82) is 0 Å². The predicted octanol–water partition coefficient (Wildman–Crippen LogP) is 2.26. The molecule has 0 saturated heterocycles. The average Bonchev–Trinajstić information content (AvgIpc) is 3.25. The fraction of sp³-hybridized carbons (Fsp3) is 0.316. The van der Waals surface area contributed by atoms with E-state index in [-0.39, 0.29) is 5.97 Å². The number of carbonyl (C=O) groups is 1. The van der Waals surface area contributed by atoms with Crippen LogP contribution in [0, 0.1) is 0 Å². The second-order valence-corrected chi connectivity index (χ2v) is 6.38. The van der Waals surface area contributed by atoms with Gasteiger partial charge in [-0.05, 0) is 36.8 Å². The van der Waals surface area contributed by atoms with Gasteiger partial charge in [0.2, 0.25) is 0 Å². The average molecular weight is 351 g/mol. The summed E-state index contributed by atoms with van der Waals surface area (Å²) in [7, 11) is 1.38. The Labute approximate surface area is 151 Å². The van der Waals surface area contributed by atoms with Gasteiger partial charge in [-0.25, -0.2) is 4.79 Å². The number of fused-ring (bicyclic) bond motifs is 1. The third kappa shape index (κ3) is 3.25. The lowest BCUT2D eigenvalue weighted by Gasteiger charge is -2.20. The number of esters is 1. The number of hydrogen-bond acceptors (Lipinski definition) is 5. The lowest BCUT2D eigenvalue weighted by Crippen LogP contribution is -2.24. The van der Waals surface area contributed by atoms with E-state index >= 15 is 0 Å². The first-order valence-corrected chi connectivity index (χ1v) is 8.68. The Morgan fingerprint density at radius 3 is 3.00 bits per heavy atom. The Balaban J connectivity index is 1.54. The van der Waals surface area contributed by atoms with Gasteiger partial charge in [0, 0.05) is 44.3 Å². The second kappa shape index (κ2) is 7.13. The van der Waals surface area contributed by atoms with Crippen LogP contribution in [0.5, 0.6) is 0 Å². The molecule has 0 unspecified atom stereocenters. The van der Waals surface area contributed by atoms with Crippen molar-refractivity contribution >= 4 is 5.97 Å². The maximum atomic E-state index is 11.7. The molecule has 0 amide bonds. The van der Waals surface area contributed by atoms with Gasteiger partial charge in [-0.1, -0.05) is 0 Å². The number of aryl methyl sites for hydroxylation is 1. The number of methoxy groups -OCH3 is 1. The molecule has 1 aliphatic rings. The van der Waals surface area contributed by atoms with Gasteiger partial charge in [-0.2, -0.15) is 5.10 Å². The van der Waals surface area contributed by atoms with E-state index < -0.39 is 0 Å². The van der Waals surface area contributed by atoms with Crippen LogP contribution < -0.4 is 0 Å². The molecule has 4 heterocycles. The van der Waals surface area contributed by atoms with Crippen molar-refractivity contribution in [3.8, 4) is 5.69 Å². The first kappa shape index (κ1) is 16.5. The molecule has 0 atom stereocenters. The van der Waals surface area contributed by atoms with Crippen LogP contribution in [0.25, 0.3) is 5.69 Å². The molecule has 0 spiro atoms. The van der Waals surface area contributed by atoms with Crippen LogP contribution in [0.1, 0.15) is 28.3 Å². The Kier molecular flexibility index (Phi) is 4.53. The Morgan fingerprint density at radius 2 is 2.19 bits per heavy atom. The summed E-state index contributed by atoms with van der Waals surface area (Å²) in [4.78, 5) is 18.3. The van der Waals surface area contributed by atoms with E-state index in [9.17, 15) is 4.79 Å². The normalized spacial score (nSPS) is 14.7. The molecule has 3 aromatic rings. The van der Waals surface area contributed by atoms with Gasteiger partial charge in [0.1, 0.15) is 0 Å². The van der Waals surface area contributed by atoms with Gasteiger partial charge < -0.3 is 9.30 Å². The van der Waals surface area contributed by atoms with E-state index in [1.54, 1.807) is 6.20 Å². The monoisotopic (exact) mass is 351 g/mol.